The zero-order chi connectivity index (χ0) is 14.7. The van der Waals surface area contributed by atoms with Crippen LogP contribution in [0.25, 0.3) is 0 Å². The van der Waals surface area contributed by atoms with E-state index in [-0.39, 0.29) is 18.0 Å². The van der Waals surface area contributed by atoms with Crippen LogP contribution >= 0.6 is 0 Å². The lowest BCUT2D eigenvalue weighted by atomic mass is 10.0. The van der Waals surface area contributed by atoms with E-state index in [1.165, 1.54) is 17.0 Å². The van der Waals surface area contributed by atoms with E-state index in [4.69, 9.17) is 0 Å². The third-order valence-electron chi connectivity index (χ3n) is 3.73. The quantitative estimate of drug-likeness (QED) is 0.902. The van der Waals surface area contributed by atoms with Gasteiger partial charge in [-0.25, -0.2) is 8.78 Å². The Labute approximate surface area is 117 Å². The molecule has 2 atom stereocenters. The number of hydrogen-bond donors (Lipinski definition) is 1. The number of amides is 1. The monoisotopic (exact) mass is 283 g/mol. The zero-order valence-electron chi connectivity index (χ0n) is 11.5. The molecule has 0 aliphatic carbocycles. The van der Waals surface area contributed by atoms with Gasteiger partial charge in [0.2, 0.25) is 5.91 Å². The van der Waals surface area contributed by atoms with Crippen LogP contribution in [0, 0.1) is 17.6 Å². The van der Waals surface area contributed by atoms with Crippen LogP contribution in [0.5, 0.6) is 0 Å². The number of benzene rings is 1. The first-order valence-electron chi connectivity index (χ1n) is 6.92. The fourth-order valence-electron chi connectivity index (χ4n) is 2.72. The molecule has 1 aliphatic heterocycles. The van der Waals surface area contributed by atoms with Crippen LogP contribution < -0.4 is 0 Å². The van der Waals surface area contributed by atoms with Crippen molar-refractivity contribution in [1.82, 2.24) is 4.90 Å². The molecule has 20 heavy (non-hydrogen) atoms. The normalized spacial score (nSPS) is 20.5. The molecule has 2 rings (SSSR count). The van der Waals surface area contributed by atoms with Crippen molar-refractivity contribution in [3.8, 4) is 0 Å². The third kappa shape index (κ3) is 3.15. The number of nitrogens with zero attached hydrogens (tertiary/aromatic N) is 1. The molecule has 1 aliphatic rings. The van der Waals surface area contributed by atoms with E-state index in [1.54, 1.807) is 0 Å². The van der Waals surface area contributed by atoms with Crippen LogP contribution in [0.1, 0.15) is 37.9 Å². The number of hydrogen-bond acceptors (Lipinski definition) is 2. The Kier molecular flexibility index (Phi) is 4.70. The lowest BCUT2D eigenvalue weighted by molar-refractivity contribution is -0.129. The summed E-state index contributed by atoms with van der Waals surface area (Å²) in [7, 11) is 0. The summed E-state index contributed by atoms with van der Waals surface area (Å²) in [6.45, 7) is 2.66. The number of β-amino-alcohol motifs (C(OH)–C–C–N with tert-alkyl or cyclic N) is 1. The second-order valence-electron chi connectivity index (χ2n) is 5.32. The first-order valence-corrected chi connectivity index (χ1v) is 6.92. The maximum atomic E-state index is 13.6. The lowest BCUT2D eigenvalue weighted by Crippen LogP contribution is -2.30. The van der Waals surface area contributed by atoms with E-state index in [2.05, 4.69) is 6.92 Å². The minimum absolute atomic E-state index is 0.0133. The van der Waals surface area contributed by atoms with E-state index in [0.29, 0.717) is 18.9 Å². The van der Waals surface area contributed by atoms with Crippen molar-refractivity contribution in [2.24, 2.45) is 5.92 Å². The summed E-state index contributed by atoms with van der Waals surface area (Å²) in [6.07, 6.45) is 1.25. The molecule has 1 heterocycles. The molecule has 1 aromatic rings. The largest absolute Gasteiger partial charge is 0.386 e. The molecular weight excluding hydrogens is 264 g/mol. The summed E-state index contributed by atoms with van der Waals surface area (Å²) in [6, 6.07) is 3.69. The first kappa shape index (κ1) is 14.9. The number of aliphatic hydroxyl groups is 1. The van der Waals surface area contributed by atoms with Gasteiger partial charge in [-0.2, -0.15) is 0 Å². The number of aliphatic hydroxyl groups excluding tert-OH is 1. The maximum Gasteiger partial charge on any atom is 0.223 e. The Balaban J connectivity index is 2.03. The molecule has 1 N–H and O–H groups in total. The third-order valence-corrected chi connectivity index (χ3v) is 3.73. The minimum atomic E-state index is -1.20. The van der Waals surface area contributed by atoms with E-state index < -0.39 is 17.7 Å². The highest BCUT2D eigenvalue weighted by Gasteiger charge is 2.31. The van der Waals surface area contributed by atoms with Gasteiger partial charge >= 0.3 is 0 Å². The summed E-state index contributed by atoms with van der Waals surface area (Å²) in [4.78, 5) is 13.4. The maximum absolute atomic E-state index is 13.6. The van der Waals surface area contributed by atoms with Crippen molar-refractivity contribution in [2.75, 3.05) is 13.1 Å². The molecular formula is C15H19F2NO2. The Morgan fingerprint density at radius 1 is 1.45 bits per heavy atom. The molecule has 0 aromatic heterocycles. The van der Waals surface area contributed by atoms with E-state index in [9.17, 15) is 18.7 Å². The van der Waals surface area contributed by atoms with Gasteiger partial charge in [-0.3, -0.25) is 4.79 Å². The van der Waals surface area contributed by atoms with Crippen molar-refractivity contribution < 1.29 is 18.7 Å². The molecule has 0 spiro atoms. The number of carbonyl (C=O) groups is 1. The van der Waals surface area contributed by atoms with Crippen molar-refractivity contribution in [3.05, 3.63) is 35.4 Å². The van der Waals surface area contributed by atoms with Crippen LogP contribution in [0.2, 0.25) is 0 Å². The topological polar surface area (TPSA) is 40.5 Å². The van der Waals surface area contributed by atoms with E-state index in [0.717, 1.165) is 18.9 Å². The van der Waals surface area contributed by atoms with Gasteiger partial charge in [0.15, 0.2) is 11.6 Å². The Hall–Kier alpha value is -1.49. The van der Waals surface area contributed by atoms with Crippen LogP contribution in [0.3, 0.4) is 0 Å². The van der Waals surface area contributed by atoms with Crippen molar-refractivity contribution in [2.45, 2.75) is 32.3 Å². The summed E-state index contributed by atoms with van der Waals surface area (Å²) >= 11 is 0. The molecule has 1 saturated heterocycles. The smallest absolute Gasteiger partial charge is 0.223 e. The highest BCUT2D eigenvalue weighted by Crippen LogP contribution is 2.26. The van der Waals surface area contributed by atoms with Gasteiger partial charge in [-0.1, -0.05) is 25.5 Å². The van der Waals surface area contributed by atoms with Gasteiger partial charge in [0.1, 0.15) is 0 Å². The van der Waals surface area contributed by atoms with Gasteiger partial charge in [0, 0.05) is 18.5 Å². The summed E-state index contributed by atoms with van der Waals surface area (Å²) in [5, 5.41) is 10.0. The second kappa shape index (κ2) is 6.31. The Morgan fingerprint density at radius 2 is 2.20 bits per heavy atom. The number of rotatable bonds is 5. The molecule has 0 bridgehead atoms. The zero-order valence-corrected chi connectivity index (χ0v) is 11.5. The van der Waals surface area contributed by atoms with Crippen LogP contribution in [0.15, 0.2) is 18.2 Å². The summed E-state index contributed by atoms with van der Waals surface area (Å²) < 4.78 is 26.7. The van der Waals surface area contributed by atoms with E-state index in [1.807, 2.05) is 0 Å². The second-order valence-corrected chi connectivity index (χ2v) is 5.32. The van der Waals surface area contributed by atoms with Crippen LogP contribution in [-0.4, -0.2) is 29.0 Å². The fourth-order valence-corrected chi connectivity index (χ4v) is 2.72. The number of likely N-dealkylation sites (tertiary alicyclic amines) is 1. The van der Waals surface area contributed by atoms with Crippen LogP contribution in [0.4, 0.5) is 8.78 Å². The molecule has 1 amide bonds. The van der Waals surface area contributed by atoms with Crippen molar-refractivity contribution >= 4 is 5.91 Å². The van der Waals surface area contributed by atoms with Crippen molar-refractivity contribution in [3.63, 3.8) is 0 Å². The molecule has 1 aromatic carbocycles. The fraction of sp³-hybridized carbons (Fsp3) is 0.533. The number of halogens is 2. The number of carbonyl (C=O) groups excluding carboxylic acids is 1. The Morgan fingerprint density at radius 3 is 2.90 bits per heavy atom. The summed E-state index contributed by atoms with van der Waals surface area (Å²) in [5.74, 6) is -1.76. The molecule has 3 nitrogen and oxygen atoms in total. The summed E-state index contributed by atoms with van der Waals surface area (Å²) in [5.41, 5.74) is -0.100. The van der Waals surface area contributed by atoms with Crippen molar-refractivity contribution in [1.29, 1.82) is 0 Å². The standard InChI is InChI=1S/C15H19F2NO2/c1-2-4-10-7-14(20)18(8-10)9-13(19)11-5-3-6-12(16)15(11)17/h3,5-6,10,13,19H,2,4,7-9H2,1H3. The predicted octanol–water partition coefficient (Wildman–Crippen LogP) is 2.65. The highest BCUT2D eigenvalue weighted by atomic mass is 19.2. The van der Waals surface area contributed by atoms with Gasteiger partial charge in [-0.15, -0.1) is 0 Å². The minimum Gasteiger partial charge on any atom is -0.386 e. The molecule has 0 radical (unpaired) electrons. The predicted molar refractivity (Wildman–Crippen MR) is 70.9 cm³/mol. The Bertz CT molecular complexity index is 493. The van der Waals surface area contributed by atoms with E-state index >= 15 is 0 Å². The van der Waals surface area contributed by atoms with Gasteiger partial charge in [0.25, 0.3) is 0 Å². The average molecular weight is 283 g/mol. The average Bonchev–Trinajstić information content (AvgIpc) is 2.73. The molecule has 110 valence electrons. The highest BCUT2D eigenvalue weighted by molar-refractivity contribution is 5.78. The van der Waals surface area contributed by atoms with Gasteiger partial charge in [0.05, 0.1) is 12.6 Å². The molecule has 0 saturated carbocycles. The molecule has 5 heteroatoms. The lowest BCUT2D eigenvalue weighted by Gasteiger charge is -2.21. The van der Waals surface area contributed by atoms with Gasteiger partial charge in [-0.05, 0) is 18.4 Å². The van der Waals surface area contributed by atoms with Crippen LogP contribution in [-0.2, 0) is 4.79 Å². The molecule has 1 fully saturated rings. The van der Waals surface area contributed by atoms with Gasteiger partial charge < -0.3 is 10.0 Å². The SMILES string of the molecule is CCCC1CC(=O)N(CC(O)c2cccc(F)c2F)C1. The molecule has 2 unspecified atom stereocenters. The first-order chi connectivity index (χ1) is 9.52.